The van der Waals surface area contributed by atoms with Crippen LogP contribution in [-0.2, 0) is 4.79 Å². The van der Waals surface area contributed by atoms with Gasteiger partial charge in [-0.05, 0) is 0 Å². The van der Waals surface area contributed by atoms with Crippen LogP contribution in [0.25, 0.3) is 0 Å². The minimum Gasteiger partial charge on any atom is -0.358 e. The molecule has 13 heavy (non-hydrogen) atoms. The topological polar surface area (TPSA) is 44.4 Å². The summed E-state index contributed by atoms with van der Waals surface area (Å²) in [5, 5.41) is 5.84. The highest BCUT2D eigenvalue weighted by atomic mass is 16.1. The fraction of sp³-hybridized carbons (Fsp3) is 0.889. The maximum atomic E-state index is 10.9. The lowest BCUT2D eigenvalue weighted by Gasteiger charge is -2.26. The standard InChI is InChI=1S/C7H15N3O.C2H6/c1-8-7(11)6-10-4-2-9-3-5-10;1-2/h9H,2-6H2,1H3,(H,8,11);1-2H3. The van der Waals surface area contributed by atoms with E-state index in [-0.39, 0.29) is 5.91 Å². The van der Waals surface area contributed by atoms with Crippen LogP contribution in [0.1, 0.15) is 13.8 Å². The molecule has 4 heteroatoms. The monoisotopic (exact) mass is 187 g/mol. The van der Waals surface area contributed by atoms with Crippen LogP contribution in [-0.4, -0.2) is 50.6 Å². The van der Waals surface area contributed by atoms with Crippen molar-refractivity contribution in [3.8, 4) is 0 Å². The van der Waals surface area contributed by atoms with Gasteiger partial charge in [0.15, 0.2) is 0 Å². The Bertz CT molecular complexity index is 133. The van der Waals surface area contributed by atoms with Crippen molar-refractivity contribution in [3.63, 3.8) is 0 Å². The number of hydrogen-bond acceptors (Lipinski definition) is 3. The van der Waals surface area contributed by atoms with Crippen molar-refractivity contribution in [1.82, 2.24) is 15.5 Å². The summed E-state index contributed by atoms with van der Waals surface area (Å²) in [6.07, 6.45) is 0. The lowest BCUT2D eigenvalue weighted by atomic mass is 10.3. The zero-order valence-corrected chi connectivity index (χ0v) is 8.89. The quantitative estimate of drug-likeness (QED) is 0.622. The average Bonchev–Trinajstić information content (AvgIpc) is 2.22. The predicted molar refractivity (Wildman–Crippen MR) is 54.7 cm³/mol. The van der Waals surface area contributed by atoms with Crippen LogP contribution in [0.15, 0.2) is 0 Å². The Labute approximate surface area is 80.7 Å². The third-order valence-corrected chi connectivity index (χ3v) is 1.86. The van der Waals surface area contributed by atoms with E-state index < -0.39 is 0 Å². The molecule has 1 rings (SSSR count). The van der Waals surface area contributed by atoms with Gasteiger partial charge in [0.25, 0.3) is 0 Å². The highest BCUT2D eigenvalue weighted by Gasteiger charge is 2.11. The van der Waals surface area contributed by atoms with Crippen LogP contribution < -0.4 is 10.6 Å². The fourth-order valence-corrected chi connectivity index (χ4v) is 1.15. The lowest BCUT2D eigenvalue weighted by Crippen LogP contribution is -2.47. The first-order valence-corrected chi connectivity index (χ1v) is 4.96. The fourth-order valence-electron chi connectivity index (χ4n) is 1.15. The van der Waals surface area contributed by atoms with Crippen LogP contribution in [0.4, 0.5) is 0 Å². The van der Waals surface area contributed by atoms with Crippen molar-refractivity contribution in [3.05, 3.63) is 0 Å². The average molecular weight is 187 g/mol. The number of nitrogens with one attached hydrogen (secondary N) is 2. The van der Waals surface area contributed by atoms with Crippen molar-refractivity contribution in [1.29, 1.82) is 0 Å². The van der Waals surface area contributed by atoms with Gasteiger partial charge in [-0.1, -0.05) is 13.8 Å². The summed E-state index contributed by atoms with van der Waals surface area (Å²) < 4.78 is 0. The van der Waals surface area contributed by atoms with Crippen LogP contribution >= 0.6 is 0 Å². The normalized spacial score (nSPS) is 17.2. The molecule has 0 aliphatic carbocycles. The molecule has 0 saturated carbocycles. The van der Waals surface area contributed by atoms with E-state index in [2.05, 4.69) is 15.5 Å². The molecule has 0 radical (unpaired) electrons. The number of piperazine rings is 1. The molecule has 0 aromatic rings. The molecule has 0 atom stereocenters. The zero-order valence-electron chi connectivity index (χ0n) is 8.89. The Balaban J connectivity index is 0.000000671. The molecular weight excluding hydrogens is 166 g/mol. The van der Waals surface area contributed by atoms with E-state index in [9.17, 15) is 4.79 Å². The SMILES string of the molecule is CC.CNC(=O)CN1CCNCC1. The minimum absolute atomic E-state index is 0.104. The maximum absolute atomic E-state index is 10.9. The van der Waals surface area contributed by atoms with Crippen LogP contribution in [0, 0.1) is 0 Å². The van der Waals surface area contributed by atoms with E-state index in [1.165, 1.54) is 0 Å². The lowest BCUT2D eigenvalue weighted by molar-refractivity contribution is -0.121. The van der Waals surface area contributed by atoms with Crippen LogP contribution in [0.2, 0.25) is 0 Å². The van der Waals surface area contributed by atoms with Crippen molar-refractivity contribution in [2.24, 2.45) is 0 Å². The van der Waals surface area contributed by atoms with Gasteiger partial charge in [-0.15, -0.1) is 0 Å². The third-order valence-electron chi connectivity index (χ3n) is 1.86. The van der Waals surface area contributed by atoms with Crippen LogP contribution in [0.3, 0.4) is 0 Å². The van der Waals surface area contributed by atoms with Gasteiger partial charge in [-0.2, -0.15) is 0 Å². The second-order valence-electron chi connectivity index (χ2n) is 2.70. The van der Waals surface area contributed by atoms with E-state index in [4.69, 9.17) is 0 Å². The molecule has 78 valence electrons. The first-order valence-electron chi connectivity index (χ1n) is 4.96. The highest BCUT2D eigenvalue weighted by molar-refractivity contribution is 5.77. The molecule has 1 amide bonds. The van der Waals surface area contributed by atoms with Gasteiger partial charge in [0, 0.05) is 33.2 Å². The van der Waals surface area contributed by atoms with Crippen molar-refractivity contribution >= 4 is 5.91 Å². The molecule has 1 aliphatic heterocycles. The molecule has 1 heterocycles. The highest BCUT2D eigenvalue weighted by Crippen LogP contribution is 1.90. The van der Waals surface area contributed by atoms with Gasteiger partial charge >= 0.3 is 0 Å². The second kappa shape index (κ2) is 8.01. The summed E-state index contributed by atoms with van der Waals surface area (Å²) in [5.41, 5.74) is 0. The molecule has 1 fully saturated rings. The largest absolute Gasteiger partial charge is 0.358 e. The molecule has 2 N–H and O–H groups in total. The summed E-state index contributed by atoms with van der Waals surface area (Å²) in [6.45, 7) is 8.49. The molecule has 1 aliphatic rings. The van der Waals surface area contributed by atoms with E-state index >= 15 is 0 Å². The van der Waals surface area contributed by atoms with Crippen molar-refractivity contribution < 1.29 is 4.79 Å². The van der Waals surface area contributed by atoms with Gasteiger partial charge in [0.1, 0.15) is 0 Å². The summed E-state index contributed by atoms with van der Waals surface area (Å²) in [7, 11) is 1.67. The summed E-state index contributed by atoms with van der Waals surface area (Å²) >= 11 is 0. The van der Waals surface area contributed by atoms with E-state index in [1.807, 2.05) is 13.8 Å². The van der Waals surface area contributed by atoms with Gasteiger partial charge in [0.2, 0.25) is 5.91 Å². The van der Waals surface area contributed by atoms with Crippen LogP contribution in [0.5, 0.6) is 0 Å². The summed E-state index contributed by atoms with van der Waals surface area (Å²) in [5.74, 6) is 0.104. The minimum atomic E-state index is 0.104. The van der Waals surface area contributed by atoms with Gasteiger partial charge in [0.05, 0.1) is 6.54 Å². The van der Waals surface area contributed by atoms with Gasteiger partial charge in [-0.25, -0.2) is 0 Å². The molecule has 0 spiro atoms. The van der Waals surface area contributed by atoms with Crippen molar-refractivity contribution in [2.45, 2.75) is 13.8 Å². The van der Waals surface area contributed by atoms with Crippen molar-refractivity contribution in [2.75, 3.05) is 39.8 Å². The van der Waals surface area contributed by atoms with Gasteiger partial charge in [-0.3, -0.25) is 9.69 Å². The Kier molecular flexibility index (Phi) is 7.63. The molecule has 0 unspecified atom stereocenters. The number of nitrogens with zero attached hydrogens (tertiary/aromatic N) is 1. The number of carbonyl (C=O) groups is 1. The molecule has 0 aromatic heterocycles. The molecule has 0 aromatic carbocycles. The Morgan fingerprint density at radius 1 is 1.38 bits per heavy atom. The number of rotatable bonds is 2. The maximum Gasteiger partial charge on any atom is 0.233 e. The number of likely N-dealkylation sites (N-methyl/N-ethyl adjacent to an activating group) is 1. The molecule has 1 saturated heterocycles. The third kappa shape index (κ3) is 5.60. The predicted octanol–water partition coefficient (Wildman–Crippen LogP) is -0.336. The number of amides is 1. The van der Waals surface area contributed by atoms with E-state index in [0.29, 0.717) is 6.54 Å². The second-order valence-corrected chi connectivity index (χ2v) is 2.70. The first kappa shape index (κ1) is 12.4. The summed E-state index contributed by atoms with van der Waals surface area (Å²) in [6, 6.07) is 0. The first-order chi connectivity index (χ1) is 6.33. The Hall–Kier alpha value is -0.610. The molecule has 0 bridgehead atoms. The zero-order chi connectivity index (χ0) is 10.1. The van der Waals surface area contributed by atoms with E-state index in [1.54, 1.807) is 7.05 Å². The Morgan fingerprint density at radius 3 is 2.38 bits per heavy atom. The number of carbonyl (C=O) groups excluding carboxylic acids is 1. The smallest absolute Gasteiger partial charge is 0.233 e. The molecule has 4 nitrogen and oxygen atoms in total. The Morgan fingerprint density at radius 2 is 1.92 bits per heavy atom. The molecular formula is C9H21N3O. The van der Waals surface area contributed by atoms with Gasteiger partial charge < -0.3 is 10.6 Å². The summed E-state index contributed by atoms with van der Waals surface area (Å²) in [4.78, 5) is 13.1. The number of hydrogen-bond donors (Lipinski definition) is 2. The van der Waals surface area contributed by atoms with E-state index in [0.717, 1.165) is 26.2 Å².